The van der Waals surface area contributed by atoms with E-state index >= 15 is 0 Å². The highest BCUT2D eigenvalue weighted by Crippen LogP contribution is 2.61. The SMILES string of the molecule is c1ccc2c(c1)Nc1cc3ccccc3cc1C21c2ccccc2-c2ccccc21. The maximum absolute atomic E-state index is 3.75. The molecule has 140 valence electrons. The van der Waals surface area contributed by atoms with E-state index in [0.717, 1.165) is 0 Å². The number of benzene rings is 5. The van der Waals surface area contributed by atoms with Crippen LogP contribution in [0.15, 0.2) is 109 Å². The molecule has 0 fully saturated rings. The summed E-state index contributed by atoms with van der Waals surface area (Å²) in [6.07, 6.45) is 0. The molecule has 0 radical (unpaired) electrons. The summed E-state index contributed by atoms with van der Waals surface area (Å²) < 4.78 is 0. The van der Waals surface area contributed by atoms with Gasteiger partial charge < -0.3 is 5.32 Å². The summed E-state index contributed by atoms with van der Waals surface area (Å²) in [7, 11) is 0. The lowest BCUT2D eigenvalue weighted by molar-refractivity contribution is 0.764. The molecule has 0 aromatic heterocycles. The highest BCUT2D eigenvalue weighted by molar-refractivity contribution is 5.97. The average Bonchev–Trinajstić information content (AvgIpc) is 3.10. The molecule has 1 N–H and O–H groups in total. The number of rotatable bonds is 0. The van der Waals surface area contributed by atoms with Crippen molar-refractivity contribution >= 4 is 22.1 Å². The molecule has 7 rings (SSSR count). The Bertz CT molecular complexity index is 1430. The molecule has 1 heterocycles. The van der Waals surface area contributed by atoms with Crippen molar-refractivity contribution in [3.05, 3.63) is 131 Å². The first-order valence-electron chi connectivity index (χ1n) is 10.5. The van der Waals surface area contributed by atoms with Crippen molar-refractivity contribution in [2.45, 2.75) is 5.41 Å². The molecule has 5 aromatic rings. The molecule has 30 heavy (non-hydrogen) atoms. The molecular formula is C29H19N. The van der Waals surface area contributed by atoms with E-state index in [4.69, 9.17) is 0 Å². The van der Waals surface area contributed by atoms with Gasteiger partial charge in [-0.25, -0.2) is 0 Å². The summed E-state index contributed by atoms with van der Waals surface area (Å²) in [6, 6.07) is 40.0. The number of hydrogen-bond acceptors (Lipinski definition) is 1. The summed E-state index contributed by atoms with van der Waals surface area (Å²) in [6.45, 7) is 0. The van der Waals surface area contributed by atoms with Crippen LogP contribution in [0.2, 0.25) is 0 Å². The van der Waals surface area contributed by atoms with Crippen molar-refractivity contribution in [1.29, 1.82) is 0 Å². The number of para-hydroxylation sites is 1. The van der Waals surface area contributed by atoms with Gasteiger partial charge in [0.25, 0.3) is 0 Å². The van der Waals surface area contributed by atoms with Gasteiger partial charge >= 0.3 is 0 Å². The largest absolute Gasteiger partial charge is 0.355 e. The van der Waals surface area contributed by atoms with E-state index < -0.39 is 0 Å². The Labute approximate surface area is 175 Å². The van der Waals surface area contributed by atoms with Crippen molar-refractivity contribution in [1.82, 2.24) is 0 Å². The van der Waals surface area contributed by atoms with Crippen LogP contribution < -0.4 is 5.32 Å². The van der Waals surface area contributed by atoms with Gasteiger partial charge in [0.1, 0.15) is 0 Å². The van der Waals surface area contributed by atoms with Crippen LogP contribution in [0.4, 0.5) is 11.4 Å². The quantitative estimate of drug-likeness (QED) is 0.291. The fourth-order valence-electron chi connectivity index (χ4n) is 5.68. The first-order chi connectivity index (χ1) is 14.9. The van der Waals surface area contributed by atoms with Crippen LogP contribution in [-0.4, -0.2) is 0 Å². The van der Waals surface area contributed by atoms with Crippen LogP contribution in [0.25, 0.3) is 21.9 Å². The molecule has 1 aliphatic heterocycles. The van der Waals surface area contributed by atoms with Crippen LogP contribution >= 0.6 is 0 Å². The summed E-state index contributed by atoms with van der Waals surface area (Å²) in [5.74, 6) is 0. The number of nitrogens with one attached hydrogen (secondary N) is 1. The Morgan fingerprint density at radius 2 is 0.967 bits per heavy atom. The van der Waals surface area contributed by atoms with Crippen LogP contribution in [0.5, 0.6) is 0 Å². The highest BCUT2D eigenvalue weighted by Gasteiger charge is 2.49. The molecule has 1 spiro atoms. The van der Waals surface area contributed by atoms with Gasteiger partial charge in [0.15, 0.2) is 0 Å². The molecule has 0 atom stereocenters. The van der Waals surface area contributed by atoms with Gasteiger partial charge in [-0.3, -0.25) is 0 Å². The molecule has 2 aliphatic rings. The highest BCUT2D eigenvalue weighted by atomic mass is 14.9. The van der Waals surface area contributed by atoms with Gasteiger partial charge in [0.2, 0.25) is 0 Å². The minimum Gasteiger partial charge on any atom is -0.355 e. The van der Waals surface area contributed by atoms with E-state index in [1.54, 1.807) is 0 Å². The average molecular weight is 381 g/mol. The smallest absolute Gasteiger partial charge is 0.0754 e. The lowest BCUT2D eigenvalue weighted by Crippen LogP contribution is -2.33. The molecule has 5 aromatic carbocycles. The van der Waals surface area contributed by atoms with Gasteiger partial charge in [-0.2, -0.15) is 0 Å². The molecule has 1 heteroatoms. The van der Waals surface area contributed by atoms with Crippen molar-refractivity contribution < 1.29 is 0 Å². The second-order valence-electron chi connectivity index (χ2n) is 8.26. The van der Waals surface area contributed by atoms with E-state index in [2.05, 4.69) is 115 Å². The Balaban J connectivity index is 1.72. The minimum atomic E-state index is -0.311. The fraction of sp³-hybridized carbons (Fsp3) is 0.0345. The van der Waals surface area contributed by atoms with E-state index in [1.165, 1.54) is 55.5 Å². The van der Waals surface area contributed by atoms with Gasteiger partial charge in [-0.1, -0.05) is 91.0 Å². The maximum atomic E-state index is 3.75. The topological polar surface area (TPSA) is 12.0 Å². The molecule has 0 unspecified atom stereocenters. The summed E-state index contributed by atoms with van der Waals surface area (Å²) >= 11 is 0. The Hall–Kier alpha value is -3.84. The summed E-state index contributed by atoms with van der Waals surface area (Å²) in [4.78, 5) is 0. The van der Waals surface area contributed by atoms with E-state index in [1.807, 2.05) is 0 Å². The second kappa shape index (κ2) is 5.61. The van der Waals surface area contributed by atoms with Gasteiger partial charge in [0.05, 0.1) is 5.41 Å². The van der Waals surface area contributed by atoms with Crippen molar-refractivity contribution in [2.75, 3.05) is 5.32 Å². The Morgan fingerprint density at radius 3 is 1.67 bits per heavy atom. The van der Waals surface area contributed by atoms with Crippen LogP contribution in [0.3, 0.4) is 0 Å². The number of hydrogen-bond donors (Lipinski definition) is 1. The molecule has 0 saturated heterocycles. The normalized spacial score (nSPS) is 14.5. The third-order valence-corrected chi connectivity index (χ3v) is 6.84. The number of fused-ring (bicyclic) bond motifs is 10. The third-order valence-electron chi connectivity index (χ3n) is 6.84. The van der Waals surface area contributed by atoms with Crippen molar-refractivity contribution in [3.63, 3.8) is 0 Å². The lowest BCUT2D eigenvalue weighted by atomic mass is 9.65. The predicted molar refractivity (Wildman–Crippen MR) is 125 cm³/mol. The zero-order valence-electron chi connectivity index (χ0n) is 16.4. The summed E-state index contributed by atoms with van der Waals surface area (Å²) in [5, 5.41) is 6.28. The van der Waals surface area contributed by atoms with E-state index in [-0.39, 0.29) is 5.41 Å². The lowest BCUT2D eigenvalue weighted by Gasteiger charge is -2.40. The van der Waals surface area contributed by atoms with Gasteiger partial charge in [0, 0.05) is 11.4 Å². The standard InChI is InChI=1S/C29H19N/c1-2-10-20-18-28-26(17-19(20)9-1)29(25-15-7-8-16-27(25)30-28)23-13-5-3-11-21(23)22-12-4-6-14-24(22)29/h1-18,30H. The van der Waals surface area contributed by atoms with Crippen LogP contribution in [-0.2, 0) is 5.41 Å². The fourth-order valence-corrected chi connectivity index (χ4v) is 5.68. The third kappa shape index (κ3) is 1.83. The van der Waals surface area contributed by atoms with Crippen LogP contribution in [0, 0.1) is 0 Å². The van der Waals surface area contributed by atoms with E-state index in [0.29, 0.717) is 0 Å². The summed E-state index contributed by atoms with van der Waals surface area (Å²) in [5.41, 5.74) is 10.1. The van der Waals surface area contributed by atoms with Crippen molar-refractivity contribution in [3.8, 4) is 11.1 Å². The molecular weight excluding hydrogens is 362 g/mol. The minimum absolute atomic E-state index is 0.311. The molecule has 0 amide bonds. The zero-order valence-corrected chi connectivity index (χ0v) is 16.4. The first-order valence-corrected chi connectivity index (χ1v) is 10.5. The Kier molecular flexibility index (Phi) is 2.99. The zero-order chi connectivity index (χ0) is 19.7. The molecule has 0 bridgehead atoms. The van der Waals surface area contributed by atoms with Crippen LogP contribution in [0.1, 0.15) is 22.3 Å². The molecule has 1 aliphatic carbocycles. The van der Waals surface area contributed by atoms with Gasteiger partial charge in [-0.05, 0) is 62.4 Å². The monoisotopic (exact) mass is 381 g/mol. The molecule has 1 nitrogen and oxygen atoms in total. The first kappa shape index (κ1) is 16.0. The van der Waals surface area contributed by atoms with E-state index in [9.17, 15) is 0 Å². The molecule has 0 saturated carbocycles. The van der Waals surface area contributed by atoms with Gasteiger partial charge in [-0.15, -0.1) is 0 Å². The second-order valence-corrected chi connectivity index (χ2v) is 8.26. The van der Waals surface area contributed by atoms with Crippen molar-refractivity contribution in [2.24, 2.45) is 0 Å². The Morgan fingerprint density at radius 1 is 0.433 bits per heavy atom. The maximum Gasteiger partial charge on any atom is 0.0754 e. The predicted octanol–water partition coefficient (Wildman–Crippen LogP) is 7.26. The number of anilines is 2.